The van der Waals surface area contributed by atoms with E-state index in [1.807, 2.05) is 0 Å². The molecule has 1 amide bonds. The average Bonchev–Trinajstić information content (AvgIpc) is 3.33. The Morgan fingerprint density at radius 1 is 1.24 bits per heavy atom. The second-order valence-electron chi connectivity index (χ2n) is 5.14. The fraction of sp³-hybridized carbons (Fsp3) is 0. The summed E-state index contributed by atoms with van der Waals surface area (Å²) in [5.74, 6) is -0.0435. The zero-order valence-electron chi connectivity index (χ0n) is 12.6. The number of aromatic nitrogens is 2. The molecule has 0 saturated carbocycles. The minimum absolute atomic E-state index is 0.146. The van der Waals surface area contributed by atoms with Crippen LogP contribution in [0.4, 0.5) is 11.6 Å². The Labute approximate surface area is 139 Å². The highest BCUT2D eigenvalue weighted by atomic mass is 16.6. The van der Waals surface area contributed by atoms with Gasteiger partial charge in [-0.05, 0) is 36.4 Å². The van der Waals surface area contributed by atoms with Gasteiger partial charge in [0.2, 0.25) is 0 Å². The number of amides is 1. The summed E-state index contributed by atoms with van der Waals surface area (Å²) in [7, 11) is 0. The Kier molecular flexibility index (Phi) is 3.31. The molecule has 4 rings (SSSR count). The number of rotatable bonds is 4. The second kappa shape index (κ2) is 5.64. The van der Waals surface area contributed by atoms with Gasteiger partial charge in [0.1, 0.15) is 4.92 Å². The number of H-pyrrole nitrogens is 1. The van der Waals surface area contributed by atoms with Crippen LogP contribution in [0.25, 0.3) is 22.6 Å². The lowest BCUT2D eigenvalue weighted by molar-refractivity contribution is -0.402. The SMILES string of the molecule is O=C(Nc1ccc2nc(-c3ccco3)[nH]c2c1)c1ccc([N+](=O)[O-])o1. The van der Waals surface area contributed by atoms with Crippen LogP contribution in [-0.4, -0.2) is 20.8 Å². The van der Waals surface area contributed by atoms with Gasteiger partial charge in [-0.1, -0.05) is 0 Å². The molecule has 0 aliphatic carbocycles. The van der Waals surface area contributed by atoms with Gasteiger partial charge in [-0.25, -0.2) is 4.98 Å². The average molecular weight is 338 g/mol. The third-order valence-corrected chi connectivity index (χ3v) is 3.49. The molecule has 9 nitrogen and oxygen atoms in total. The van der Waals surface area contributed by atoms with Gasteiger partial charge in [-0.15, -0.1) is 0 Å². The van der Waals surface area contributed by atoms with Crippen molar-refractivity contribution in [3.05, 3.63) is 64.6 Å². The normalized spacial score (nSPS) is 10.9. The fourth-order valence-electron chi connectivity index (χ4n) is 2.36. The van der Waals surface area contributed by atoms with E-state index in [0.29, 0.717) is 28.3 Å². The molecule has 0 aliphatic rings. The predicted octanol–water partition coefficient (Wildman–Crippen LogP) is 3.58. The summed E-state index contributed by atoms with van der Waals surface area (Å²) in [4.78, 5) is 29.5. The maximum atomic E-state index is 12.1. The molecule has 9 heteroatoms. The van der Waals surface area contributed by atoms with Crippen LogP contribution in [0.15, 0.2) is 57.6 Å². The summed E-state index contributed by atoms with van der Waals surface area (Å²) < 4.78 is 10.2. The molecular formula is C16H10N4O5. The van der Waals surface area contributed by atoms with Gasteiger partial charge in [0.25, 0.3) is 5.91 Å². The van der Waals surface area contributed by atoms with Crippen LogP contribution in [0.3, 0.4) is 0 Å². The van der Waals surface area contributed by atoms with Gasteiger partial charge in [-0.2, -0.15) is 0 Å². The van der Waals surface area contributed by atoms with Crippen molar-refractivity contribution in [3.8, 4) is 11.6 Å². The number of nitrogens with zero attached hydrogens (tertiary/aromatic N) is 2. The Morgan fingerprint density at radius 3 is 2.84 bits per heavy atom. The quantitative estimate of drug-likeness (QED) is 0.432. The summed E-state index contributed by atoms with van der Waals surface area (Å²) in [5, 5.41) is 13.2. The number of nitrogens with one attached hydrogen (secondary N) is 2. The van der Waals surface area contributed by atoms with Crippen LogP contribution in [0.2, 0.25) is 0 Å². The van der Waals surface area contributed by atoms with Crippen LogP contribution in [0, 0.1) is 10.1 Å². The van der Waals surface area contributed by atoms with Crippen molar-refractivity contribution in [1.29, 1.82) is 0 Å². The molecule has 0 aliphatic heterocycles. The third-order valence-electron chi connectivity index (χ3n) is 3.49. The molecule has 4 aromatic rings. The molecule has 1 aromatic carbocycles. The number of hydrogen-bond acceptors (Lipinski definition) is 6. The number of aromatic amines is 1. The lowest BCUT2D eigenvalue weighted by Crippen LogP contribution is -2.10. The standard InChI is InChI=1S/C16H10N4O5/c21-16(13-5-6-14(25-13)20(22)23)17-9-3-4-10-11(8-9)19-15(18-10)12-2-1-7-24-12/h1-8H,(H,17,21)(H,18,19). The van der Waals surface area contributed by atoms with Crippen molar-refractivity contribution in [2.45, 2.75) is 0 Å². The number of hydrogen-bond donors (Lipinski definition) is 2. The molecule has 0 unspecified atom stereocenters. The molecule has 2 N–H and O–H groups in total. The van der Waals surface area contributed by atoms with Gasteiger partial charge < -0.3 is 19.1 Å². The number of imidazole rings is 1. The first-order chi connectivity index (χ1) is 12.1. The fourth-order valence-corrected chi connectivity index (χ4v) is 2.36. The Morgan fingerprint density at radius 2 is 2.12 bits per heavy atom. The van der Waals surface area contributed by atoms with E-state index in [-0.39, 0.29) is 5.76 Å². The summed E-state index contributed by atoms with van der Waals surface area (Å²) in [6.07, 6.45) is 1.55. The Bertz CT molecular complexity index is 1080. The largest absolute Gasteiger partial charge is 0.461 e. The highest BCUT2D eigenvalue weighted by Crippen LogP contribution is 2.24. The summed E-state index contributed by atoms with van der Waals surface area (Å²) >= 11 is 0. The first-order valence-corrected chi connectivity index (χ1v) is 7.19. The molecule has 3 heterocycles. The van der Waals surface area contributed by atoms with E-state index in [1.54, 1.807) is 36.6 Å². The molecule has 0 saturated heterocycles. The highest BCUT2D eigenvalue weighted by Gasteiger charge is 2.17. The van der Waals surface area contributed by atoms with E-state index < -0.39 is 16.7 Å². The molecular weight excluding hydrogens is 328 g/mol. The minimum Gasteiger partial charge on any atom is -0.461 e. The molecule has 0 fully saturated rings. The number of furan rings is 2. The maximum absolute atomic E-state index is 12.1. The van der Waals surface area contributed by atoms with Crippen LogP contribution in [-0.2, 0) is 0 Å². The van der Waals surface area contributed by atoms with Gasteiger partial charge in [-0.3, -0.25) is 14.9 Å². The molecule has 0 spiro atoms. The van der Waals surface area contributed by atoms with Gasteiger partial charge >= 0.3 is 5.88 Å². The van der Waals surface area contributed by atoms with Crippen molar-refractivity contribution < 1.29 is 18.6 Å². The zero-order valence-corrected chi connectivity index (χ0v) is 12.6. The Balaban J connectivity index is 1.58. The van der Waals surface area contributed by atoms with Crippen molar-refractivity contribution in [1.82, 2.24) is 9.97 Å². The third kappa shape index (κ3) is 2.74. The van der Waals surface area contributed by atoms with E-state index in [4.69, 9.17) is 8.83 Å². The van der Waals surface area contributed by atoms with Crippen LogP contribution in [0.5, 0.6) is 0 Å². The molecule has 0 bridgehead atoms. The number of fused-ring (bicyclic) bond motifs is 1. The van der Waals surface area contributed by atoms with Crippen LogP contribution < -0.4 is 5.32 Å². The summed E-state index contributed by atoms with van der Waals surface area (Å²) in [5.41, 5.74) is 1.90. The monoisotopic (exact) mass is 338 g/mol. The number of carbonyl (C=O) groups is 1. The number of carbonyl (C=O) groups excluding carboxylic acids is 1. The first kappa shape index (κ1) is 14.7. The Hall–Kier alpha value is -3.88. The number of benzene rings is 1. The van der Waals surface area contributed by atoms with Crippen molar-refractivity contribution in [2.24, 2.45) is 0 Å². The number of anilines is 1. The van der Waals surface area contributed by atoms with E-state index in [2.05, 4.69) is 15.3 Å². The molecule has 0 atom stereocenters. The lowest BCUT2D eigenvalue weighted by Gasteiger charge is -2.02. The van der Waals surface area contributed by atoms with E-state index in [9.17, 15) is 14.9 Å². The van der Waals surface area contributed by atoms with Gasteiger partial charge in [0, 0.05) is 5.69 Å². The molecule has 0 radical (unpaired) electrons. The minimum atomic E-state index is -0.705. The van der Waals surface area contributed by atoms with Gasteiger partial charge in [0.05, 0.1) is 23.4 Å². The molecule has 25 heavy (non-hydrogen) atoms. The van der Waals surface area contributed by atoms with Crippen molar-refractivity contribution >= 4 is 28.5 Å². The van der Waals surface area contributed by atoms with E-state index in [0.717, 1.165) is 6.07 Å². The van der Waals surface area contributed by atoms with Crippen LogP contribution in [0.1, 0.15) is 10.6 Å². The zero-order chi connectivity index (χ0) is 17.4. The lowest BCUT2D eigenvalue weighted by atomic mass is 10.2. The van der Waals surface area contributed by atoms with Crippen molar-refractivity contribution in [3.63, 3.8) is 0 Å². The summed E-state index contributed by atoms with van der Waals surface area (Å²) in [6, 6.07) is 11.0. The van der Waals surface area contributed by atoms with Gasteiger partial charge in [0.15, 0.2) is 17.3 Å². The predicted molar refractivity (Wildman–Crippen MR) is 87.1 cm³/mol. The molecule has 3 aromatic heterocycles. The van der Waals surface area contributed by atoms with E-state index in [1.165, 1.54) is 6.07 Å². The molecule has 124 valence electrons. The topological polar surface area (TPSA) is 127 Å². The smallest absolute Gasteiger partial charge is 0.433 e. The van der Waals surface area contributed by atoms with Crippen LogP contribution >= 0.6 is 0 Å². The summed E-state index contributed by atoms with van der Waals surface area (Å²) in [6.45, 7) is 0. The van der Waals surface area contributed by atoms with Crippen molar-refractivity contribution in [2.75, 3.05) is 5.32 Å². The van der Waals surface area contributed by atoms with E-state index >= 15 is 0 Å². The highest BCUT2D eigenvalue weighted by molar-refractivity contribution is 6.03. The maximum Gasteiger partial charge on any atom is 0.433 e. The second-order valence-corrected chi connectivity index (χ2v) is 5.14. The first-order valence-electron chi connectivity index (χ1n) is 7.19. The number of nitro groups is 1.